The first kappa shape index (κ1) is 22.7. The summed E-state index contributed by atoms with van der Waals surface area (Å²) >= 11 is 19.4. The summed E-state index contributed by atoms with van der Waals surface area (Å²) in [5, 5.41) is 11.2. The SMILES string of the molecule is COc1cc(OC)c(Cl)c(-c2nc(N3CCC(C)(C#N)CC3)c3cc(Cl)ncc3n2)c1Cl. The van der Waals surface area contributed by atoms with E-state index in [-0.39, 0.29) is 15.5 Å². The number of pyridine rings is 1. The summed E-state index contributed by atoms with van der Waals surface area (Å²) in [4.78, 5) is 15.8. The summed E-state index contributed by atoms with van der Waals surface area (Å²) in [5.74, 6) is 1.79. The van der Waals surface area contributed by atoms with E-state index in [2.05, 4.69) is 20.9 Å². The fraction of sp³-hybridized carbons (Fsp3) is 0.364. The molecule has 0 aliphatic carbocycles. The number of halogens is 3. The van der Waals surface area contributed by atoms with Crippen LogP contribution < -0.4 is 14.4 Å². The molecule has 32 heavy (non-hydrogen) atoms. The lowest BCUT2D eigenvalue weighted by Gasteiger charge is -2.36. The second-order valence-electron chi connectivity index (χ2n) is 7.84. The molecule has 166 valence electrons. The number of rotatable bonds is 4. The zero-order valence-corrected chi connectivity index (χ0v) is 20.0. The molecule has 0 atom stereocenters. The summed E-state index contributed by atoms with van der Waals surface area (Å²) < 4.78 is 10.8. The van der Waals surface area contributed by atoms with Gasteiger partial charge >= 0.3 is 0 Å². The van der Waals surface area contributed by atoms with E-state index >= 15 is 0 Å². The number of hydrogen-bond acceptors (Lipinski definition) is 7. The minimum atomic E-state index is -0.353. The van der Waals surface area contributed by atoms with Crippen LogP contribution in [0.2, 0.25) is 15.2 Å². The molecule has 10 heteroatoms. The van der Waals surface area contributed by atoms with Gasteiger partial charge in [0.1, 0.15) is 22.5 Å². The van der Waals surface area contributed by atoms with Crippen molar-refractivity contribution in [3.63, 3.8) is 0 Å². The Bertz CT molecular complexity index is 1210. The molecule has 3 heterocycles. The van der Waals surface area contributed by atoms with E-state index in [4.69, 9.17) is 49.3 Å². The van der Waals surface area contributed by atoms with Crippen molar-refractivity contribution in [2.45, 2.75) is 19.8 Å². The number of aromatic nitrogens is 3. The maximum absolute atomic E-state index is 9.49. The van der Waals surface area contributed by atoms with Crippen LogP contribution in [0, 0.1) is 16.7 Å². The number of benzene rings is 1. The Morgan fingerprint density at radius 1 is 1.03 bits per heavy atom. The number of ether oxygens (including phenoxy) is 2. The van der Waals surface area contributed by atoms with Crippen LogP contribution >= 0.6 is 34.8 Å². The van der Waals surface area contributed by atoms with Crippen LogP contribution in [0.15, 0.2) is 18.3 Å². The Morgan fingerprint density at radius 2 is 1.66 bits per heavy atom. The van der Waals surface area contributed by atoms with Gasteiger partial charge in [0.2, 0.25) is 0 Å². The van der Waals surface area contributed by atoms with Crippen molar-refractivity contribution >= 4 is 51.5 Å². The van der Waals surface area contributed by atoms with E-state index < -0.39 is 0 Å². The van der Waals surface area contributed by atoms with Crippen molar-refractivity contribution in [1.82, 2.24) is 15.0 Å². The quantitative estimate of drug-likeness (QED) is 0.426. The van der Waals surface area contributed by atoms with E-state index in [1.54, 1.807) is 18.3 Å². The molecular formula is C22H20Cl3N5O2. The molecule has 0 N–H and O–H groups in total. The molecule has 0 amide bonds. The van der Waals surface area contributed by atoms with Gasteiger partial charge in [-0.05, 0) is 25.8 Å². The highest BCUT2D eigenvalue weighted by atomic mass is 35.5. The lowest BCUT2D eigenvalue weighted by Crippen LogP contribution is -2.38. The van der Waals surface area contributed by atoms with Gasteiger partial charge in [-0.25, -0.2) is 15.0 Å². The molecule has 7 nitrogen and oxygen atoms in total. The second-order valence-corrected chi connectivity index (χ2v) is 8.98. The minimum absolute atomic E-state index is 0.279. The fourth-order valence-electron chi connectivity index (χ4n) is 3.75. The second kappa shape index (κ2) is 8.78. The third-order valence-electron chi connectivity index (χ3n) is 5.76. The molecule has 2 aromatic heterocycles. The molecule has 4 rings (SSSR count). The summed E-state index contributed by atoms with van der Waals surface area (Å²) in [6.45, 7) is 3.31. The van der Waals surface area contributed by atoms with Crippen LogP contribution in [-0.2, 0) is 0 Å². The molecule has 1 aliphatic heterocycles. The molecule has 1 aliphatic rings. The van der Waals surface area contributed by atoms with Crippen molar-refractivity contribution in [3.05, 3.63) is 33.5 Å². The number of nitrogens with zero attached hydrogens (tertiary/aromatic N) is 5. The number of piperidine rings is 1. The highest BCUT2D eigenvalue weighted by Gasteiger charge is 2.32. The van der Waals surface area contributed by atoms with Crippen molar-refractivity contribution in [1.29, 1.82) is 5.26 Å². The minimum Gasteiger partial charge on any atom is -0.495 e. The molecule has 3 aromatic rings. The Balaban J connectivity index is 1.93. The Kier molecular flexibility index (Phi) is 6.22. The van der Waals surface area contributed by atoms with Gasteiger partial charge in [0.15, 0.2) is 5.82 Å². The van der Waals surface area contributed by atoms with E-state index in [1.165, 1.54) is 14.2 Å². The Hall–Kier alpha value is -2.53. The zero-order chi connectivity index (χ0) is 23.0. The first-order valence-electron chi connectivity index (χ1n) is 9.90. The lowest BCUT2D eigenvalue weighted by atomic mass is 9.82. The lowest BCUT2D eigenvalue weighted by molar-refractivity contribution is 0.336. The molecule has 0 spiro atoms. The largest absolute Gasteiger partial charge is 0.495 e. The van der Waals surface area contributed by atoms with Gasteiger partial charge in [-0.1, -0.05) is 34.8 Å². The van der Waals surface area contributed by atoms with Gasteiger partial charge < -0.3 is 14.4 Å². The summed E-state index contributed by atoms with van der Waals surface area (Å²) in [5.41, 5.74) is 0.646. The predicted octanol–water partition coefficient (Wildman–Crippen LogP) is 5.80. The van der Waals surface area contributed by atoms with Crippen LogP contribution in [-0.4, -0.2) is 42.3 Å². The maximum Gasteiger partial charge on any atom is 0.165 e. The first-order chi connectivity index (χ1) is 15.3. The summed E-state index contributed by atoms with van der Waals surface area (Å²) in [6.07, 6.45) is 3.03. The average Bonchev–Trinajstić information content (AvgIpc) is 2.79. The molecular weight excluding hydrogens is 473 g/mol. The van der Waals surface area contributed by atoms with Gasteiger partial charge in [0, 0.05) is 24.5 Å². The van der Waals surface area contributed by atoms with E-state index in [9.17, 15) is 5.26 Å². The summed E-state index contributed by atoms with van der Waals surface area (Å²) in [6, 6.07) is 5.78. The Morgan fingerprint density at radius 3 is 2.22 bits per heavy atom. The topological polar surface area (TPSA) is 84.2 Å². The molecule has 1 fully saturated rings. The van der Waals surface area contributed by atoms with E-state index in [0.717, 1.165) is 18.2 Å². The number of fused-ring (bicyclic) bond motifs is 1. The van der Waals surface area contributed by atoms with E-state index in [1.807, 2.05) is 6.92 Å². The highest BCUT2D eigenvalue weighted by Crippen LogP contribution is 2.46. The van der Waals surface area contributed by atoms with Crippen LogP contribution in [0.4, 0.5) is 5.82 Å². The molecule has 0 unspecified atom stereocenters. The zero-order valence-electron chi connectivity index (χ0n) is 17.7. The third-order valence-corrected chi connectivity index (χ3v) is 6.72. The smallest absolute Gasteiger partial charge is 0.165 e. The van der Waals surface area contributed by atoms with Crippen molar-refractivity contribution < 1.29 is 9.47 Å². The molecule has 1 aromatic carbocycles. The molecule has 1 saturated heterocycles. The monoisotopic (exact) mass is 491 g/mol. The van der Waals surface area contributed by atoms with Crippen molar-refractivity contribution in [2.75, 3.05) is 32.2 Å². The molecule has 0 radical (unpaired) electrons. The average molecular weight is 493 g/mol. The van der Waals surface area contributed by atoms with Gasteiger partial charge in [0.05, 0.1) is 53.0 Å². The Labute approximate surface area is 200 Å². The van der Waals surface area contributed by atoms with Gasteiger partial charge in [-0.2, -0.15) is 5.26 Å². The summed E-state index contributed by atoms with van der Waals surface area (Å²) in [7, 11) is 3.02. The van der Waals surface area contributed by atoms with Crippen molar-refractivity contribution in [3.8, 4) is 29.0 Å². The van der Waals surface area contributed by atoms with Crippen LogP contribution in [0.5, 0.6) is 11.5 Å². The number of hydrogen-bond donors (Lipinski definition) is 0. The number of methoxy groups -OCH3 is 2. The van der Waals surface area contributed by atoms with E-state index in [0.29, 0.717) is 52.5 Å². The number of nitriles is 1. The van der Waals surface area contributed by atoms with Gasteiger partial charge in [-0.15, -0.1) is 0 Å². The fourth-order valence-corrected chi connectivity index (χ4v) is 4.58. The molecule has 0 bridgehead atoms. The predicted molar refractivity (Wildman–Crippen MR) is 126 cm³/mol. The molecule has 0 saturated carbocycles. The van der Waals surface area contributed by atoms with Crippen LogP contribution in [0.25, 0.3) is 22.3 Å². The van der Waals surface area contributed by atoms with Crippen LogP contribution in [0.1, 0.15) is 19.8 Å². The van der Waals surface area contributed by atoms with Gasteiger partial charge in [-0.3, -0.25) is 0 Å². The highest BCUT2D eigenvalue weighted by molar-refractivity contribution is 6.41. The normalized spacial score (nSPS) is 15.5. The van der Waals surface area contributed by atoms with Crippen LogP contribution in [0.3, 0.4) is 0 Å². The maximum atomic E-state index is 9.49. The standard InChI is InChI=1S/C22H20Cl3N5O2/c1-22(11-26)4-6-30(7-5-22)21-12-8-16(23)27-10-13(12)28-20(29-21)17-18(24)14(31-2)9-15(32-3)19(17)25/h8-10H,4-7H2,1-3H3. The van der Waals surface area contributed by atoms with Crippen molar-refractivity contribution in [2.24, 2.45) is 5.41 Å². The third kappa shape index (κ3) is 3.99. The number of anilines is 1. The first-order valence-corrected chi connectivity index (χ1v) is 11.0. The van der Waals surface area contributed by atoms with Gasteiger partial charge in [0.25, 0.3) is 0 Å².